The van der Waals surface area contributed by atoms with Gasteiger partial charge in [0.1, 0.15) is 0 Å². The lowest BCUT2D eigenvalue weighted by Gasteiger charge is -2.09. The highest BCUT2D eigenvalue weighted by Gasteiger charge is 2.14. The summed E-state index contributed by atoms with van der Waals surface area (Å²) in [5.74, 6) is -0.339. The molecule has 25 heavy (non-hydrogen) atoms. The lowest BCUT2D eigenvalue weighted by atomic mass is 10.2. The summed E-state index contributed by atoms with van der Waals surface area (Å²) in [4.78, 5) is 12.2. The van der Waals surface area contributed by atoms with Crippen molar-refractivity contribution in [1.29, 1.82) is 0 Å². The summed E-state index contributed by atoms with van der Waals surface area (Å²) >= 11 is 11.9. The largest absolute Gasteiger partial charge is 0.348 e. The molecule has 8 heteroatoms. The summed E-state index contributed by atoms with van der Waals surface area (Å²) in [7, 11) is -3.61. The number of halogens is 2. The van der Waals surface area contributed by atoms with Crippen molar-refractivity contribution in [3.05, 3.63) is 76.3 Å². The van der Waals surface area contributed by atoms with E-state index in [2.05, 4.69) is 16.6 Å². The number of hydrogen-bond acceptors (Lipinski definition) is 3. The first-order chi connectivity index (χ1) is 11.8. The van der Waals surface area contributed by atoms with E-state index in [1.165, 1.54) is 30.3 Å². The van der Waals surface area contributed by atoms with Gasteiger partial charge in [0.05, 0.1) is 4.90 Å². The van der Waals surface area contributed by atoms with Gasteiger partial charge in [0.15, 0.2) is 0 Å². The van der Waals surface area contributed by atoms with Gasteiger partial charge in [-0.1, -0.05) is 35.3 Å². The van der Waals surface area contributed by atoms with Gasteiger partial charge >= 0.3 is 0 Å². The number of hydrogen-bond donors (Lipinski definition) is 2. The maximum atomic E-state index is 12.2. The van der Waals surface area contributed by atoms with Crippen LogP contribution in [0, 0.1) is 0 Å². The smallest absolute Gasteiger partial charge is 0.251 e. The zero-order valence-electron chi connectivity index (χ0n) is 13.1. The number of benzene rings is 2. The van der Waals surface area contributed by atoms with Gasteiger partial charge in [-0.05, 0) is 42.0 Å². The Morgan fingerprint density at radius 2 is 1.80 bits per heavy atom. The van der Waals surface area contributed by atoms with Crippen LogP contribution in [-0.2, 0) is 16.6 Å². The Hall–Kier alpha value is -1.86. The van der Waals surface area contributed by atoms with E-state index in [9.17, 15) is 13.2 Å². The van der Waals surface area contributed by atoms with Crippen molar-refractivity contribution in [2.75, 3.05) is 6.54 Å². The van der Waals surface area contributed by atoms with Crippen LogP contribution in [0.5, 0.6) is 0 Å². The van der Waals surface area contributed by atoms with Crippen LogP contribution in [0.15, 0.2) is 60.0 Å². The van der Waals surface area contributed by atoms with E-state index in [1.807, 2.05) is 0 Å². The van der Waals surface area contributed by atoms with Crippen molar-refractivity contribution in [3.8, 4) is 0 Å². The van der Waals surface area contributed by atoms with E-state index in [4.69, 9.17) is 23.2 Å². The molecule has 0 bridgehead atoms. The van der Waals surface area contributed by atoms with Crippen LogP contribution in [0.3, 0.4) is 0 Å². The molecule has 0 heterocycles. The van der Waals surface area contributed by atoms with E-state index in [-0.39, 0.29) is 23.9 Å². The van der Waals surface area contributed by atoms with Crippen LogP contribution >= 0.6 is 23.2 Å². The number of amides is 1. The highest BCUT2D eigenvalue weighted by molar-refractivity contribution is 7.89. The molecule has 132 valence electrons. The molecule has 0 aliphatic carbocycles. The zero-order chi connectivity index (χ0) is 18.4. The fourth-order valence-corrected chi connectivity index (χ4v) is 3.45. The second-order valence-corrected chi connectivity index (χ2v) is 7.69. The van der Waals surface area contributed by atoms with E-state index in [1.54, 1.807) is 18.2 Å². The van der Waals surface area contributed by atoms with E-state index in [0.717, 1.165) is 5.56 Å². The third-order valence-corrected chi connectivity index (χ3v) is 5.33. The molecule has 0 unspecified atom stereocenters. The molecule has 0 aliphatic heterocycles. The molecule has 0 spiro atoms. The summed E-state index contributed by atoms with van der Waals surface area (Å²) < 4.78 is 26.3. The molecular weight excluding hydrogens is 383 g/mol. The summed E-state index contributed by atoms with van der Waals surface area (Å²) in [6.45, 7) is 3.82. The monoisotopic (exact) mass is 398 g/mol. The second-order valence-electron chi connectivity index (χ2n) is 5.08. The highest BCUT2D eigenvalue weighted by atomic mass is 35.5. The third-order valence-electron chi connectivity index (χ3n) is 3.30. The molecule has 1 amide bonds. The normalized spacial score (nSPS) is 11.1. The number of rotatable bonds is 7. The van der Waals surface area contributed by atoms with Gasteiger partial charge in [-0.25, -0.2) is 13.1 Å². The van der Waals surface area contributed by atoms with E-state index >= 15 is 0 Å². The predicted octanol–water partition coefficient (Wildman–Crippen LogP) is 3.39. The fraction of sp³-hybridized carbons (Fsp3) is 0.118. The zero-order valence-corrected chi connectivity index (χ0v) is 15.5. The summed E-state index contributed by atoms with van der Waals surface area (Å²) in [5, 5.41) is 3.70. The van der Waals surface area contributed by atoms with Gasteiger partial charge in [-0.2, -0.15) is 0 Å². The molecule has 5 nitrogen and oxygen atoms in total. The standard InChI is InChI=1S/C17H16Cl2N2O3S/c1-2-9-21-25(23,24)15-7-4-12(5-8-15)17(22)20-11-13-3-6-14(18)10-16(13)19/h2-8,10,21H,1,9,11H2,(H,20,22). The van der Waals surface area contributed by atoms with E-state index in [0.29, 0.717) is 15.6 Å². The molecule has 2 aromatic carbocycles. The Morgan fingerprint density at radius 3 is 2.40 bits per heavy atom. The summed E-state index contributed by atoms with van der Waals surface area (Å²) in [6, 6.07) is 10.6. The Kier molecular flexibility index (Phi) is 6.61. The van der Waals surface area contributed by atoms with Gasteiger partial charge in [0.25, 0.3) is 5.91 Å². The van der Waals surface area contributed by atoms with Crippen molar-refractivity contribution in [1.82, 2.24) is 10.0 Å². The van der Waals surface area contributed by atoms with Crippen LogP contribution in [0.4, 0.5) is 0 Å². The van der Waals surface area contributed by atoms with Crippen molar-refractivity contribution < 1.29 is 13.2 Å². The second kappa shape index (κ2) is 8.49. The first-order valence-electron chi connectivity index (χ1n) is 7.26. The van der Waals surface area contributed by atoms with Crippen molar-refractivity contribution in [2.24, 2.45) is 0 Å². The third kappa shape index (κ3) is 5.31. The average molecular weight is 399 g/mol. The molecule has 0 saturated carbocycles. The Bertz CT molecular complexity index is 881. The lowest BCUT2D eigenvalue weighted by Crippen LogP contribution is -2.25. The summed E-state index contributed by atoms with van der Waals surface area (Å²) in [6.07, 6.45) is 1.45. The lowest BCUT2D eigenvalue weighted by molar-refractivity contribution is 0.0951. The van der Waals surface area contributed by atoms with Gasteiger partial charge in [0, 0.05) is 28.7 Å². The molecular formula is C17H16Cl2N2O3S. The minimum absolute atomic E-state index is 0.0756. The predicted molar refractivity (Wildman–Crippen MR) is 99.5 cm³/mol. The Morgan fingerprint density at radius 1 is 1.12 bits per heavy atom. The SMILES string of the molecule is C=CCNS(=O)(=O)c1ccc(C(=O)NCc2ccc(Cl)cc2Cl)cc1. The van der Waals surface area contributed by atoms with Crippen LogP contribution in [0.25, 0.3) is 0 Å². The molecule has 2 rings (SSSR count). The maximum Gasteiger partial charge on any atom is 0.251 e. The Labute approximate surface area is 156 Å². The molecule has 2 N–H and O–H groups in total. The van der Waals surface area contributed by atoms with Crippen molar-refractivity contribution >= 4 is 39.1 Å². The first-order valence-corrected chi connectivity index (χ1v) is 9.50. The molecule has 0 atom stereocenters. The molecule has 2 aromatic rings. The van der Waals surface area contributed by atoms with Gasteiger partial charge in [-0.3, -0.25) is 4.79 Å². The van der Waals surface area contributed by atoms with Crippen LogP contribution < -0.4 is 10.0 Å². The minimum atomic E-state index is -3.61. The van der Waals surface area contributed by atoms with Crippen LogP contribution in [0.1, 0.15) is 15.9 Å². The average Bonchev–Trinajstić information content (AvgIpc) is 2.59. The molecule has 0 aliphatic rings. The highest BCUT2D eigenvalue weighted by Crippen LogP contribution is 2.20. The molecule has 0 radical (unpaired) electrons. The van der Waals surface area contributed by atoms with Crippen LogP contribution in [0.2, 0.25) is 10.0 Å². The number of carbonyl (C=O) groups excluding carboxylic acids is 1. The van der Waals surface area contributed by atoms with E-state index < -0.39 is 10.0 Å². The van der Waals surface area contributed by atoms with Crippen LogP contribution in [-0.4, -0.2) is 20.9 Å². The first kappa shape index (κ1) is 19.5. The van der Waals surface area contributed by atoms with Gasteiger partial charge in [0.2, 0.25) is 10.0 Å². The number of carbonyl (C=O) groups is 1. The molecule has 0 fully saturated rings. The number of nitrogens with one attached hydrogen (secondary N) is 2. The fourth-order valence-electron chi connectivity index (χ4n) is 1.98. The minimum Gasteiger partial charge on any atom is -0.348 e. The van der Waals surface area contributed by atoms with Crippen molar-refractivity contribution in [2.45, 2.75) is 11.4 Å². The quantitative estimate of drug-likeness (QED) is 0.701. The molecule has 0 aromatic heterocycles. The maximum absolute atomic E-state index is 12.2. The van der Waals surface area contributed by atoms with Gasteiger partial charge in [-0.15, -0.1) is 6.58 Å². The number of sulfonamides is 1. The topological polar surface area (TPSA) is 75.3 Å². The summed E-state index contributed by atoms with van der Waals surface area (Å²) in [5.41, 5.74) is 1.07. The van der Waals surface area contributed by atoms with Gasteiger partial charge < -0.3 is 5.32 Å². The Balaban J connectivity index is 2.04. The molecule has 0 saturated heterocycles. The van der Waals surface area contributed by atoms with Crippen molar-refractivity contribution in [3.63, 3.8) is 0 Å².